The molecule has 0 aliphatic rings. The third-order valence-corrected chi connectivity index (χ3v) is 3.39. The minimum absolute atomic E-state index is 0.122. The molecule has 1 aromatic carbocycles. The molecule has 0 aliphatic carbocycles. The summed E-state index contributed by atoms with van der Waals surface area (Å²) >= 11 is 1.55. The van der Waals surface area contributed by atoms with Gasteiger partial charge in [0.05, 0.1) is 11.7 Å². The zero-order valence-corrected chi connectivity index (χ0v) is 12.0. The van der Waals surface area contributed by atoms with Crippen LogP contribution in [-0.4, -0.2) is 29.9 Å². The van der Waals surface area contributed by atoms with E-state index in [0.29, 0.717) is 24.4 Å². The lowest BCUT2D eigenvalue weighted by Gasteiger charge is -2.14. The van der Waals surface area contributed by atoms with E-state index in [1.165, 1.54) is 0 Å². The first-order valence-corrected chi connectivity index (χ1v) is 7.36. The highest BCUT2D eigenvalue weighted by Gasteiger charge is 2.12. The maximum Gasteiger partial charge on any atom is 0.252 e. The van der Waals surface area contributed by atoms with Gasteiger partial charge >= 0.3 is 0 Å². The summed E-state index contributed by atoms with van der Waals surface area (Å²) in [5.41, 5.74) is 0.668. The number of nitrogens with one attached hydrogen (secondary N) is 1. The zero-order chi connectivity index (χ0) is 13.5. The van der Waals surface area contributed by atoms with Crippen LogP contribution in [-0.2, 0) is 0 Å². The van der Waals surface area contributed by atoms with Crippen LogP contribution in [0.15, 0.2) is 29.2 Å². The molecule has 0 saturated carbocycles. The monoisotopic (exact) mass is 267 g/mol. The maximum atomic E-state index is 12.0. The Morgan fingerprint density at radius 1 is 1.39 bits per heavy atom. The average Bonchev–Trinajstić information content (AvgIpc) is 2.35. The number of carbonyl (C=O) groups excluding carboxylic acids is 1. The Labute approximate surface area is 113 Å². The summed E-state index contributed by atoms with van der Waals surface area (Å²) in [6, 6.07) is 7.48. The van der Waals surface area contributed by atoms with Crippen LogP contribution in [0.5, 0.6) is 0 Å². The van der Waals surface area contributed by atoms with Crippen molar-refractivity contribution in [2.24, 2.45) is 5.92 Å². The highest BCUT2D eigenvalue weighted by Crippen LogP contribution is 2.19. The molecule has 1 unspecified atom stereocenters. The molecule has 0 heterocycles. The second-order valence-corrected chi connectivity index (χ2v) is 5.54. The quantitative estimate of drug-likeness (QED) is 0.779. The van der Waals surface area contributed by atoms with Gasteiger partial charge in [0.15, 0.2) is 0 Å². The predicted molar refractivity (Wildman–Crippen MR) is 76.0 cm³/mol. The number of benzene rings is 1. The van der Waals surface area contributed by atoms with Gasteiger partial charge in [-0.3, -0.25) is 4.79 Å². The summed E-state index contributed by atoms with van der Waals surface area (Å²) < 4.78 is 0. The summed E-state index contributed by atoms with van der Waals surface area (Å²) in [4.78, 5) is 12.9. The Balaban J connectivity index is 2.55. The van der Waals surface area contributed by atoms with Crippen LogP contribution in [0.2, 0.25) is 0 Å². The van der Waals surface area contributed by atoms with Gasteiger partial charge in [-0.05, 0) is 30.7 Å². The summed E-state index contributed by atoms with van der Waals surface area (Å²) in [5, 5.41) is 12.5. The number of aliphatic hydroxyl groups excluding tert-OH is 1. The number of thioether (sulfide) groups is 1. The van der Waals surface area contributed by atoms with Gasteiger partial charge in [0, 0.05) is 11.4 Å². The Kier molecular flexibility index (Phi) is 6.22. The van der Waals surface area contributed by atoms with Crippen molar-refractivity contribution >= 4 is 17.7 Å². The number of amides is 1. The first kappa shape index (κ1) is 15.1. The van der Waals surface area contributed by atoms with Crippen LogP contribution in [0.1, 0.15) is 30.6 Å². The Hall–Kier alpha value is -1.00. The van der Waals surface area contributed by atoms with Gasteiger partial charge in [-0.1, -0.05) is 26.0 Å². The van der Waals surface area contributed by atoms with Crippen LogP contribution in [0.4, 0.5) is 0 Å². The Bertz CT molecular complexity index is 393. The molecule has 0 aromatic heterocycles. The molecule has 1 aromatic rings. The maximum absolute atomic E-state index is 12.0. The molecule has 0 fully saturated rings. The van der Waals surface area contributed by atoms with Crippen LogP contribution in [0.3, 0.4) is 0 Å². The van der Waals surface area contributed by atoms with Crippen molar-refractivity contribution in [3.63, 3.8) is 0 Å². The molecule has 1 rings (SSSR count). The van der Waals surface area contributed by atoms with Gasteiger partial charge in [-0.15, -0.1) is 11.8 Å². The van der Waals surface area contributed by atoms with E-state index in [1.54, 1.807) is 17.8 Å². The van der Waals surface area contributed by atoms with Gasteiger partial charge in [-0.2, -0.15) is 0 Å². The lowest BCUT2D eigenvalue weighted by atomic mass is 10.1. The number of aliphatic hydroxyl groups is 1. The second kappa shape index (κ2) is 7.44. The van der Waals surface area contributed by atoms with Crippen molar-refractivity contribution in [1.82, 2.24) is 5.32 Å². The van der Waals surface area contributed by atoms with Crippen molar-refractivity contribution in [2.75, 3.05) is 12.8 Å². The van der Waals surface area contributed by atoms with Crippen molar-refractivity contribution < 1.29 is 9.90 Å². The van der Waals surface area contributed by atoms with Gasteiger partial charge < -0.3 is 10.4 Å². The summed E-state index contributed by atoms with van der Waals surface area (Å²) in [5.74, 6) is 0.304. The minimum Gasteiger partial charge on any atom is -0.391 e. The SMILES string of the molecule is CSc1ccccc1C(=O)NCC(O)CC(C)C. The Morgan fingerprint density at radius 2 is 2.06 bits per heavy atom. The third-order valence-electron chi connectivity index (χ3n) is 2.59. The van der Waals surface area contributed by atoms with Crippen molar-refractivity contribution in [3.8, 4) is 0 Å². The van der Waals surface area contributed by atoms with E-state index >= 15 is 0 Å². The van der Waals surface area contributed by atoms with Crippen LogP contribution < -0.4 is 5.32 Å². The molecule has 0 bridgehead atoms. The fraction of sp³-hybridized carbons (Fsp3) is 0.500. The van der Waals surface area contributed by atoms with E-state index in [4.69, 9.17) is 0 Å². The van der Waals surface area contributed by atoms with Crippen LogP contribution >= 0.6 is 11.8 Å². The summed E-state index contributed by atoms with van der Waals surface area (Å²) in [6.45, 7) is 4.40. The van der Waals surface area contributed by atoms with Crippen LogP contribution in [0.25, 0.3) is 0 Å². The fourth-order valence-electron chi connectivity index (χ4n) is 1.77. The van der Waals surface area contributed by atoms with E-state index in [-0.39, 0.29) is 5.91 Å². The molecule has 3 nitrogen and oxygen atoms in total. The molecule has 2 N–H and O–H groups in total. The number of rotatable bonds is 6. The average molecular weight is 267 g/mol. The van der Waals surface area contributed by atoms with E-state index in [9.17, 15) is 9.90 Å². The molecule has 0 saturated heterocycles. The van der Waals surface area contributed by atoms with Gasteiger partial charge in [0.2, 0.25) is 0 Å². The predicted octanol–water partition coefficient (Wildman–Crippen LogP) is 2.55. The molecule has 1 amide bonds. The Morgan fingerprint density at radius 3 is 2.67 bits per heavy atom. The molecular formula is C14H21NO2S. The number of carbonyl (C=O) groups is 1. The molecule has 0 radical (unpaired) electrons. The summed E-state index contributed by atoms with van der Waals surface area (Å²) in [6.07, 6.45) is 2.17. The zero-order valence-electron chi connectivity index (χ0n) is 11.1. The van der Waals surface area contributed by atoms with Crippen molar-refractivity contribution in [1.29, 1.82) is 0 Å². The molecular weight excluding hydrogens is 246 g/mol. The summed E-state index contributed by atoms with van der Waals surface area (Å²) in [7, 11) is 0. The van der Waals surface area contributed by atoms with E-state index < -0.39 is 6.10 Å². The van der Waals surface area contributed by atoms with Crippen LogP contribution in [0, 0.1) is 5.92 Å². The molecule has 0 aliphatic heterocycles. The van der Waals surface area contributed by atoms with Crippen molar-refractivity contribution in [3.05, 3.63) is 29.8 Å². The lowest BCUT2D eigenvalue weighted by Crippen LogP contribution is -2.33. The molecule has 4 heteroatoms. The molecule has 18 heavy (non-hydrogen) atoms. The first-order chi connectivity index (χ1) is 8.54. The number of hydrogen-bond donors (Lipinski definition) is 2. The van der Waals surface area contributed by atoms with Crippen molar-refractivity contribution in [2.45, 2.75) is 31.3 Å². The highest BCUT2D eigenvalue weighted by molar-refractivity contribution is 7.98. The fourth-order valence-corrected chi connectivity index (χ4v) is 2.36. The second-order valence-electron chi connectivity index (χ2n) is 4.69. The molecule has 0 spiro atoms. The molecule has 100 valence electrons. The largest absolute Gasteiger partial charge is 0.391 e. The van der Waals surface area contributed by atoms with Gasteiger partial charge in [0.1, 0.15) is 0 Å². The highest BCUT2D eigenvalue weighted by atomic mass is 32.2. The molecule has 1 atom stereocenters. The third kappa shape index (κ3) is 4.70. The van der Waals surface area contributed by atoms with Gasteiger partial charge in [-0.25, -0.2) is 0 Å². The smallest absolute Gasteiger partial charge is 0.252 e. The van der Waals surface area contributed by atoms with E-state index in [1.807, 2.05) is 38.3 Å². The van der Waals surface area contributed by atoms with E-state index in [2.05, 4.69) is 5.32 Å². The lowest BCUT2D eigenvalue weighted by molar-refractivity contribution is 0.0897. The van der Waals surface area contributed by atoms with E-state index in [0.717, 1.165) is 4.90 Å². The van der Waals surface area contributed by atoms with Gasteiger partial charge in [0.25, 0.3) is 5.91 Å². The standard InChI is InChI=1S/C14H21NO2S/c1-10(2)8-11(16)9-15-14(17)12-6-4-5-7-13(12)18-3/h4-7,10-11,16H,8-9H2,1-3H3,(H,15,17). The first-order valence-electron chi connectivity index (χ1n) is 6.14. The topological polar surface area (TPSA) is 49.3 Å². The normalized spacial score (nSPS) is 12.5. The number of hydrogen-bond acceptors (Lipinski definition) is 3. The minimum atomic E-state index is -0.476.